The van der Waals surface area contributed by atoms with Gasteiger partial charge in [0.25, 0.3) is 0 Å². The third-order valence-electron chi connectivity index (χ3n) is 8.01. The van der Waals surface area contributed by atoms with Crippen LogP contribution in [0.3, 0.4) is 0 Å². The van der Waals surface area contributed by atoms with Crippen LogP contribution in [0.15, 0.2) is 42.5 Å². The Kier molecular flexibility index (Phi) is 5.27. The van der Waals surface area contributed by atoms with Crippen LogP contribution in [-0.4, -0.2) is 59.7 Å². The average Bonchev–Trinajstić information content (AvgIpc) is 2.83. The second-order valence-corrected chi connectivity index (χ2v) is 10.7. The largest absolute Gasteiger partial charge is 0.504 e. The van der Waals surface area contributed by atoms with Crippen LogP contribution in [0.2, 0.25) is 0 Å². The van der Waals surface area contributed by atoms with Gasteiger partial charge in [-0.2, -0.15) is 0 Å². The SMILES string of the molecule is CC1(C)Oc2c(O)cccc2[C@H]2O[C@H]3CCN(CC(=O)N4CC(=O)Nc5ccccc54)C[C@@H]3C[C@@H]21. The van der Waals surface area contributed by atoms with Crippen LogP contribution in [-0.2, 0) is 14.3 Å². The number of phenols is 1. The number of hydrogen-bond acceptors (Lipinski definition) is 6. The average molecular weight is 478 g/mol. The Bertz CT molecular complexity index is 1180. The number of fused-ring (bicyclic) bond motifs is 5. The number of aromatic hydroxyl groups is 1. The molecule has 0 saturated carbocycles. The molecule has 6 rings (SSSR count). The van der Waals surface area contributed by atoms with Crippen molar-refractivity contribution in [1.29, 1.82) is 0 Å². The number of amides is 2. The molecule has 4 aliphatic rings. The number of anilines is 2. The summed E-state index contributed by atoms with van der Waals surface area (Å²) in [5.74, 6) is 0.884. The van der Waals surface area contributed by atoms with E-state index in [2.05, 4.69) is 24.1 Å². The van der Waals surface area contributed by atoms with Gasteiger partial charge in [0.15, 0.2) is 11.5 Å². The van der Waals surface area contributed by atoms with Gasteiger partial charge >= 0.3 is 0 Å². The van der Waals surface area contributed by atoms with E-state index in [0.29, 0.717) is 11.4 Å². The topological polar surface area (TPSA) is 91.3 Å². The highest BCUT2D eigenvalue weighted by molar-refractivity contribution is 6.10. The molecule has 0 spiro atoms. The summed E-state index contributed by atoms with van der Waals surface area (Å²) in [5, 5.41) is 13.2. The summed E-state index contributed by atoms with van der Waals surface area (Å²) in [6.45, 7) is 5.97. The van der Waals surface area contributed by atoms with E-state index in [0.717, 1.165) is 37.2 Å². The third kappa shape index (κ3) is 3.85. The number of carbonyl (C=O) groups excluding carboxylic acids is 2. The first kappa shape index (κ1) is 22.4. The molecule has 2 aromatic rings. The molecule has 2 amide bonds. The van der Waals surface area contributed by atoms with Gasteiger partial charge in [-0.05, 0) is 50.8 Å². The van der Waals surface area contributed by atoms with E-state index in [1.807, 2.05) is 36.4 Å². The van der Waals surface area contributed by atoms with Gasteiger partial charge in [0, 0.05) is 24.6 Å². The molecule has 0 bridgehead atoms. The Morgan fingerprint density at radius 3 is 2.89 bits per heavy atom. The molecule has 4 aliphatic heterocycles. The van der Waals surface area contributed by atoms with Gasteiger partial charge in [-0.3, -0.25) is 19.4 Å². The van der Waals surface area contributed by atoms with E-state index >= 15 is 0 Å². The summed E-state index contributed by atoms with van der Waals surface area (Å²) in [5.41, 5.74) is 1.87. The maximum atomic E-state index is 13.3. The van der Waals surface area contributed by atoms with E-state index < -0.39 is 5.60 Å². The first-order chi connectivity index (χ1) is 16.8. The highest BCUT2D eigenvalue weighted by Crippen LogP contribution is 2.54. The summed E-state index contributed by atoms with van der Waals surface area (Å²) in [7, 11) is 0. The van der Waals surface area contributed by atoms with E-state index in [4.69, 9.17) is 9.47 Å². The number of ether oxygens (including phenoxy) is 2. The smallest absolute Gasteiger partial charge is 0.244 e. The Hall–Kier alpha value is -3.10. The molecule has 8 nitrogen and oxygen atoms in total. The lowest BCUT2D eigenvalue weighted by atomic mass is 9.70. The number of carbonyl (C=O) groups is 2. The molecule has 2 N–H and O–H groups in total. The van der Waals surface area contributed by atoms with Crippen LogP contribution in [0.25, 0.3) is 0 Å². The second kappa shape index (κ2) is 8.24. The Balaban J connectivity index is 1.17. The fourth-order valence-corrected chi connectivity index (χ4v) is 6.25. The molecule has 4 heterocycles. The number of nitrogens with one attached hydrogen (secondary N) is 1. The highest BCUT2D eigenvalue weighted by atomic mass is 16.5. The summed E-state index contributed by atoms with van der Waals surface area (Å²) < 4.78 is 12.9. The molecule has 0 unspecified atom stereocenters. The van der Waals surface area contributed by atoms with Crippen molar-refractivity contribution in [1.82, 2.24) is 4.90 Å². The van der Waals surface area contributed by atoms with Gasteiger partial charge in [-0.1, -0.05) is 24.3 Å². The van der Waals surface area contributed by atoms with Gasteiger partial charge in [0.05, 0.1) is 30.1 Å². The van der Waals surface area contributed by atoms with Crippen LogP contribution in [0.4, 0.5) is 11.4 Å². The monoisotopic (exact) mass is 477 g/mol. The quantitative estimate of drug-likeness (QED) is 0.690. The van der Waals surface area contributed by atoms with E-state index in [1.54, 1.807) is 11.0 Å². The molecule has 0 aromatic heterocycles. The van der Waals surface area contributed by atoms with Crippen LogP contribution >= 0.6 is 0 Å². The molecule has 2 fully saturated rings. The number of hydrogen-bond donors (Lipinski definition) is 2. The molecule has 0 radical (unpaired) electrons. The van der Waals surface area contributed by atoms with E-state index in [-0.39, 0.29) is 54.7 Å². The zero-order valence-electron chi connectivity index (χ0n) is 20.1. The number of benzene rings is 2. The zero-order chi connectivity index (χ0) is 24.3. The number of nitrogens with zero attached hydrogens (tertiary/aromatic N) is 2. The first-order valence-corrected chi connectivity index (χ1v) is 12.4. The lowest BCUT2D eigenvalue weighted by molar-refractivity contribution is -0.187. The maximum absolute atomic E-state index is 13.3. The zero-order valence-corrected chi connectivity index (χ0v) is 20.1. The normalized spacial score (nSPS) is 29.1. The molecular weight excluding hydrogens is 446 g/mol. The minimum Gasteiger partial charge on any atom is -0.504 e. The molecule has 0 aliphatic carbocycles. The molecule has 8 heteroatoms. The predicted molar refractivity (Wildman–Crippen MR) is 131 cm³/mol. The van der Waals surface area contributed by atoms with Crippen molar-refractivity contribution in [3.05, 3.63) is 48.0 Å². The number of phenolic OH excluding ortho intramolecular Hbond substituents is 1. The first-order valence-electron chi connectivity index (χ1n) is 12.4. The van der Waals surface area contributed by atoms with Gasteiger partial charge < -0.3 is 19.9 Å². The number of rotatable bonds is 2. The highest BCUT2D eigenvalue weighted by Gasteiger charge is 2.52. The van der Waals surface area contributed by atoms with Gasteiger partial charge in [0.1, 0.15) is 12.1 Å². The minimum absolute atomic E-state index is 0.0421. The van der Waals surface area contributed by atoms with Crippen molar-refractivity contribution >= 4 is 23.2 Å². The fourth-order valence-electron chi connectivity index (χ4n) is 6.25. The summed E-state index contributed by atoms with van der Waals surface area (Å²) in [4.78, 5) is 29.2. The van der Waals surface area contributed by atoms with Crippen molar-refractivity contribution in [2.24, 2.45) is 11.8 Å². The van der Waals surface area contributed by atoms with Crippen LogP contribution in [0, 0.1) is 11.8 Å². The van der Waals surface area contributed by atoms with Crippen LogP contribution in [0.5, 0.6) is 11.5 Å². The fraction of sp³-hybridized carbons (Fsp3) is 0.481. The molecule has 4 atom stereocenters. The Morgan fingerprint density at radius 2 is 2.03 bits per heavy atom. The Labute approximate surface area is 204 Å². The predicted octanol–water partition coefficient (Wildman–Crippen LogP) is 3.32. The van der Waals surface area contributed by atoms with Crippen molar-refractivity contribution in [2.75, 3.05) is 36.4 Å². The van der Waals surface area contributed by atoms with Crippen molar-refractivity contribution in [3.8, 4) is 11.5 Å². The summed E-state index contributed by atoms with van der Waals surface area (Å²) in [6, 6.07) is 12.9. The molecular formula is C27H31N3O5. The van der Waals surface area contributed by atoms with Gasteiger partial charge in [-0.15, -0.1) is 0 Å². The standard InChI is InChI=1S/C27H31N3O5/c1-27(2)18-12-16-13-29(15-24(33)30-14-23(32)28-19-7-3-4-8-20(19)30)11-10-22(16)34-25(18)17-6-5-9-21(31)26(17)35-27/h3-9,16,18,22,25,31H,10-15H2,1-2H3,(H,28,32)/t16-,18-,22-,25+/m0/s1. The van der Waals surface area contributed by atoms with Crippen LogP contribution < -0.4 is 15.0 Å². The van der Waals surface area contributed by atoms with Crippen molar-refractivity contribution in [3.63, 3.8) is 0 Å². The maximum Gasteiger partial charge on any atom is 0.244 e. The second-order valence-electron chi connectivity index (χ2n) is 10.7. The number of para-hydroxylation sites is 3. The van der Waals surface area contributed by atoms with Crippen molar-refractivity contribution < 1.29 is 24.2 Å². The van der Waals surface area contributed by atoms with E-state index in [9.17, 15) is 14.7 Å². The summed E-state index contributed by atoms with van der Waals surface area (Å²) >= 11 is 0. The third-order valence-corrected chi connectivity index (χ3v) is 8.01. The minimum atomic E-state index is -0.482. The Morgan fingerprint density at radius 1 is 1.20 bits per heavy atom. The van der Waals surface area contributed by atoms with Gasteiger partial charge in [-0.25, -0.2) is 0 Å². The molecule has 2 saturated heterocycles. The number of likely N-dealkylation sites (tertiary alicyclic amines) is 1. The molecule has 184 valence electrons. The number of piperidine rings is 1. The lowest BCUT2D eigenvalue weighted by Crippen LogP contribution is -2.56. The van der Waals surface area contributed by atoms with Gasteiger partial charge in [0.2, 0.25) is 11.8 Å². The van der Waals surface area contributed by atoms with Crippen molar-refractivity contribution in [2.45, 2.75) is 44.5 Å². The lowest BCUT2D eigenvalue weighted by Gasteiger charge is -2.53. The molecule has 2 aromatic carbocycles. The van der Waals surface area contributed by atoms with Crippen LogP contribution in [0.1, 0.15) is 38.4 Å². The van der Waals surface area contributed by atoms with E-state index in [1.165, 1.54) is 0 Å². The summed E-state index contributed by atoms with van der Waals surface area (Å²) in [6.07, 6.45) is 1.76. The molecule has 35 heavy (non-hydrogen) atoms.